The molecule has 6 heteroatoms. The molecule has 0 heterocycles. The number of rotatable bonds is 2. The molecule has 0 aromatic heterocycles. The van der Waals surface area contributed by atoms with Crippen LogP contribution in [0, 0.1) is 7.14 Å². The Kier molecular flexibility index (Phi) is 6.93. The lowest BCUT2D eigenvalue weighted by atomic mass is 10.2. The van der Waals surface area contributed by atoms with Crippen LogP contribution in [0.4, 0.5) is 0 Å². The summed E-state index contributed by atoms with van der Waals surface area (Å²) in [4.78, 5) is 20.4. The number of hydrogen-bond donors (Lipinski definition) is 2. The summed E-state index contributed by atoms with van der Waals surface area (Å²) in [6, 6.07) is 10.1. The first kappa shape index (κ1) is 16.9. The zero-order chi connectivity index (χ0) is 15.1. The Labute approximate surface area is 143 Å². The maximum Gasteiger partial charge on any atom is 0.153 e. The van der Waals surface area contributed by atoms with Crippen molar-refractivity contribution in [2.45, 2.75) is 0 Å². The van der Waals surface area contributed by atoms with E-state index < -0.39 is 0 Å². The highest BCUT2D eigenvalue weighted by molar-refractivity contribution is 14.1. The molecule has 0 aliphatic carbocycles. The Morgan fingerprint density at radius 1 is 0.750 bits per heavy atom. The minimum absolute atomic E-state index is 0.0677. The van der Waals surface area contributed by atoms with Gasteiger partial charge in [-0.05, 0) is 69.4 Å². The van der Waals surface area contributed by atoms with Gasteiger partial charge >= 0.3 is 0 Å². The van der Waals surface area contributed by atoms with Crippen molar-refractivity contribution in [3.05, 3.63) is 54.7 Å². The molecule has 0 saturated heterocycles. The summed E-state index contributed by atoms with van der Waals surface area (Å²) >= 11 is 3.93. The second-order valence-corrected chi connectivity index (χ2v) is 5.92. The van der Waals surface area contributed by atoms with Crippen molar-refractivity contribution in [1.29, 1.82) is 0 Å². The summed E-state index contributed by atoms with van der Waals surface area (Å²) in [6.45, 7) is 0. The van der Waals surface area contributed by atoms with Crippen LogP contribution in [0.2, 0.25) is 0 Å². The standard InChI is InChI=1S/2C7H5IO2/c2*8-6-3-1-2-5(4-9)7(6)10/h2*1-4,10H. The molecule has 4 nitrogen and oxygen atoms in total. The van der Waals surface area contributed by atoms with Crippen molar-refractivity contribution in [1.82, 2.24) is 0 Å². The molecule has 0 aliphatic heterocycles. The predicted octanol–water partition coefficient (Wildman–Crippen LogP) is 3.62. The molecule has 0 atom stereocenters. The van der Waals surface area contributed by atoms with Gasteiger partial charge in [0.1, 0.15) is 11.5 Å². The number of phenols is 2. The zero-order valence-corrected chi connectivity index (χ0v) is 14.4. The van der Waals surface area contributed by atoms with Gasteiger partial charge in [-0.1, -0.05) is 12.1 Å². The van der Waals surface area contributed by atoms with Crippen LogP contribution >= 0.6 is 45.2 Å². The smallest absolute Gasteiger partial charge is 0.153 e. The van der Waals surface area contributed by atoms with Gasteiger partial charge < -0.3 is 10.2 Å². The van der Waals surface area contributed by atoms with Crippen LogP contribution in [0.5, 0.6) is 11.5 Å². The second kappa shape index (κ2) is 8.20. The van der Waals surface area contributed by atoms with Crippen LogP contribution in [0.15, 0.2) is 36.4 Å². The average molecular weight is 496 g/mol. The minimum Gasteiger partial charge on any atom is -0.506 e. The first-order chi connectivity index (χ1) is 9.51. The van der Waals surface area contributed by atoms with Crippen LogP contribution in [0.3, 0.4) is 0 Å². The molecule has 2 rings (SSSR count). The molecule has 0 amide bonds. The number of hydrogen-bond acceptors (Lipinski definition) is 4. The first-order valence-corrected chi connectivity index (χ1v) is 7.52. The van der Waals surface area contributed by atoms with Crippen molar-refractivity contribution >= 4 is 57.8 Å². The third-order valence-corrected chi connectivity index (χ3v) is 4.03. The van der Waals surface area contributed by atoms with Crippen LogP contribution in [0.25, 0.3) is 0 Å². The van der Waals surface area contributed by atoms with Gasteiger partial charge in [0.25, 0.3) is 0 Å². The maximum atomic E-state index is 10.2. The Morgan fingerprint density at radius 3 is 1.35 bits per heavy atom. The van der Waals surface area contributed by atoms with Crippen molar-refractivity contribution in [2.75, 3.05) is 0 Å². The molecular weight excluding hydrogens is 486 g/mol. The number of aldehydes is 2. The molecule has 2 aromatic rings. The Balaban J connectivity index is 0.000000200. The van der Waals surface area contributed by atoms with Crippen LogP contribution in [-0.4, -0.2) is 22.8 Å². The highest BCUT2D eigenvalue weighted by Crippen LogP contribution is 2.22. The monoisotopic (exact) mass is 496 g/mol. The normalized spacial score (nSPS) is 9.30. The number of halogens is 2. The van der Waals surface area contributed by atoms with E-state index in [1.54, 1.807) is 36.4 Å². The summed E-state index contributed by atoms with van der Waals surface area (Å²) in [6.07, 6.45) is 1.27. The molecule has 2 N–H and O–H groups in total. The van der Waals surface area contributed by atoms with Gasteiger partial charge in [0.2, 0.25) is 0 Å². The summed E-state index contributed by atoms with van der Waals surface area (Å²) in [7, 11) is 0. The maximum absolute atomic E-state index is 10.2. The van der Waals surface area contributed by atoms with Crippen LogP contribution < -0.4 is 0 Å². The van der Waals surface area contributed by atoms with E-state index in [1.165, 1.54) is 0 Å². The fourth-order valence-electron chi connectivity index (χ4n) is 1.25. The summed E-state index contributed by atoms with van der Waals surface area (Å²) < 4.78 is 1.39. The Bertz CT molecular complexity index is 571. The molecule has 0 spiro atoms. The van der Waals surface area contributed by atoms with E-state index in [4.69, 9.17) is 10.2 Å². The van der Waals surface area contributed by atoms with Crippen molar-refractivity contribution in [2.24, 2.45) is 0 Å². The van der Waals surface area contributed by atoms with Crippen LogP contribution in [0.1, 0.15) is 20.7 Å². The molecule has 2 aromatic carbocycles. The molecule has 0 bridgehead atoms. The SMILES string of the molecule is O=Cc1cccc(I)c1O.O=Cc1cccc(I)c1O. The average Bonchev–Trinajstić information content (AvgIpc) is 2.45. The molecule has 0 aliphatic rings. The number of aromatic hydroxyl groups is 2. The number of phenolic OH excluding ortho intramolecular Hbond substituents is 2. The topological polar surface area (TPSA) is 74.6 Å². The molecule has 20 heavy (non-hydrogen) atoms. The summed E-state index contributed by atoms with van der Waals surface area (Å²) in [5, 5.41) is 18.3. The van der Waals surface area contributed by atoms with Gasteiger partial charge in [-0.2, -0.15) is 0 Å². The van der Waals surface area contributed by atoms with Gasteiger partial charge in [0.15, 0.2) is 12.6 Å². The number of para-hydroxylation sites is 2. The fourth-order valence-corrected chi connectivity index (χ4v) is 2.29. The second-order valence-electron chi connectivity index (χ2n) is 3.59. The van der Waals surface area contributed by atoms with Crippen molar-refractivity contribution in [3.8, 4) is 11.5 Å². The molecule has 0 radical (unpaired) electrons. The molecule has 0 fully saturated rings. The minimum atomic E-state index is 0.0677. The van der Waals surface area contributed by atoms with Gasteiger partial charge in [0, 0.05) is 0 Å². The van der Waals surface area contributed by atoms with E-state index in [-0.39, 0.29) is 11.5 Å². The van der Waals surface area contributed by atoms with Crippen molar-refractivity contribution in [3.63, 3.8) is 0 Å². The van der Waals surface area contributed by atoms with E-state index in [1.807, 2.05) is 45.2 Å². The third-order valence-electron chi connectivity index (χ3n) is 2.29. The number of benzene rings is 2. The molecule has 0 unspecified atom stereocenters. The van der Waals surface area contributed by atoms with E-state index in [0.29, 0.717) is 30.8 Å². The van der Waals surface area contributed by atoms with E-state index in [2.05, 4.69) is 0 Å². The van der Waals surface area contributed by atoms with Gasteiger partial charge in [-0.25, -0.2) is 0 Å². The lowest BCUT2D eigenvalue weighted by Gasteiger charge is -1.96. The van der Waals surface area contributed by atoms with Gasteiger partial charge in [-0.15, -0.1) is 0 Å². The Hall–Kier alpha value is -1.16. The van der Waals surface area contributed by atoms with Crippen LogP contribution in [-0.2, 0) is 0 Å². The highest BCUT2D eigenvalue weighted by atomic mass is 127. The van der Waals surface area contributed by atoms with E-state index in [0.717, 1.165) is 0 Å². The van der Waals surface area contributed by atoms with E-state index in [9.17, 15) is 9.59 Å². The quantitative estimate of drug-likeness (QED) is 0.493. The fraction of sp³-hybridized carbons (Fsp3) is 0. The predicted molar refractivity (Wildman–Crippen MR) is 92.4 cm³/mol. The summed E-state index contributed by atoms with van der Waals surface area (Å²) in [5.74, 6) is 0.135. The first-order valence-electron chi connectivity index (χ1n) is 5.36. The molecular formula is C14H10I2O4. The van der Waals surface area contributed by atoms with Gasteiger partial charge in [0.05, 0.1) is 18.3 Å². The number of carbonyl (C=O) groups is 2. The third kappa shape index (κ3) is 4.44. The lowest BCUT2D eigenvalue weighted by Crippen LogP contribution is -1.82. The van der Waals surface area contributed by atoms with Crippen molar-refractivity contribution < 1.29 is 19.8 Å². The lowest BCUT2D eigenvalue weighted by molar-refractivity contribution is 0.111. The number of carbonyl (C=O) groups excluding carboxylic acids is 2. The molecule has 0 saturated carbocycles. The highest BCUT2D eigenvalue weighted by Gasteiger charge is 2.01. The zero-order valence-electron chi connectivity index (χ0n) is 10.1. The summed E-state index contributed by atoms with van der Waals surface area (Å²) in [5.41, 5.74) is 0.679. The Morgan fingerprint density at radius 2 is 1.10 bits per heavy atom. The largest absolute Gasteiger partial charge is 0.506 e. The van der Waals surface area contributed by atoms with E-state index >= 15 is 0 Å². The van der Waals surface area contributed by atoms with Gasteiger partial charge in [-0.3, -0.25) is 9.59 Å². The molecule has 104 valence electrons.